The average molecular weight is 242 g/mol. The van der Waals surface area contributed by atoms with E-state index in [1.54, 1.807) is 18.9 Å². The van der Waals surface area contributed by atoms with Crippen molar-refractivity contribution in [3.63, 3.8) is 0 Å². The van der Waals surface area contributed by atoms with E-state index in [9.17, 15) is 9.59 Å². The Morgan fingerprint density at radius 3 is 2.76 bits per heavy atom. The maximum Gasteiger partial charge on any atom is 0.252 e. The molecule has 2 atom stereocenters. The van der Waals surface area contributed by atoms with Crippen LogP contribution in [0.2, 0.25) is 0 Å². The zero-order valence-corrected chi connectivity index (χ0v) is 10.9. The molecule has 5 heteroatoms. The van der Waals surface area contributed by atoms with Crippen LogP contribution in [0, 0.1) is 0 Å². The second-order valence-electron chi connectivity index (χ2n) is 4.26. The third-order valence-corrected chi connectivity index (χ3v) is 3.10. The number of hydrogen-bond acceptors (Lipinski definition) is 3. The molecule has 1 aliphatic heterocycles. The number of piperidine rings is 1. The van der Waals surface area contributed by atoms with Gasteiger partial charge in [-0.05, 0) is 33.1 Å². The minimum absolute atomic E-state index is 0.0817. The van der Waals surface area contributed by atoms with Gasteiger partial charge in [-0.3, -0.25) is 9.59 Å². The highest BCUT2D eigenvalue weighted by Crippen LogP contribution is 2.18. The molecule has 0 aromatic carbocycles. The molecule has 0 saturated carbocycles. The van der Waals surface area contributed by atoms with Gasteiger partial charge in [0, 0.05) is 20.2 Å². The van der Waals surface area contributed by atoms with E-state index in [1.807, 2.05) is 6.92 Å². The normalized spacial score (nSPS) is 22.1. The molecule has 0 aromatic heterocycles. The molecule has 0 unspecified atom stereocenters. The van der Waals surface area contributed by atoms with Crippen LogP contribution in [-0.2, 0) is 14.3 Å². The Morgan fingerprint density at radius 2 is 2.18 bits per heavy atom. The number of hydrogen-bond donors (Lipinski definition) is 1. The van der Waals surface area contributed by atoms with E-state index in [1.165, 1.54) is 0 Å². The van der Waals surface area contributed by atoms with E-state index in [0.29, 0.717) is 13.2 Å². The Balaban J connectivity index is 2.70. The minimum Gasteiger partial charge on any atom is -0.369 e. The predicted octanol–water partition coefficient (Wildman–Crippen LogP) is 0.539. The zero-order chi connectivity index (χ0) is 12.8. The molecule has 1 aliphatic rings. The predicted molar refractivity (Wildman–Crippen MR) is 64.5 cm³/mol. The monoisotopic (exact) mass is 242 g/mol. The van der Waals surface area contributed by atoms with Gasteiger partial charge in [0.2, 0.25) is 5.91 Å². The summed E-state index contributed by atoms with van der Waals surface area (Å²) in [5, 5.41) is 2.62. The quantitative estimate of drug-likeness (QED) is 0.782. The van der Waals surface area contributed by atoms with Crippen molar-refractivity contribution in [3.8, 4) is 0 Å². The van der Waals surface area contributed by atoms with E-state index in [2.05, 4.69) is 5.32 Å². The Morgan fingerprint density at radius 1 is 1.47 bits per heavy atom. The summed E-state index contributed by atoms with van der Waals surface area (Å²) in [5.74, 6) is -0.165. The second kappa shape index (κ2) is 6.59. The first-order valence-electron chi connectivity index (χ1n) is 6.25. The van der Waals surface area contributed by atoms with Crippen LogP contribution in [0.5, 0.6) is 0 Å². The molecule has 17 heavy (non-hydrogen) atoms. The van der Waals surface area contributed by atoms with Gasteiger partial charge in [-0.25, -0.2) is 0 Å². The number of rotatable bonds is 4. The molecule has 0 radical (unpaired) electrons. The van der Waals surface area contributed by atoms with Gasteiger partial charge in [0.05, 0.1) is 0 Å². The van der Waals surface area contributed by atoms with Crippen molar-refractivity contribution < 1.29 is 14.3 Å². The molecular formula is C12H22N2O3. The van der Waals surface area contributed by atoms with Crippen molar-refractivity contribution in [2.75, 3.05) is 20.2 Å². The van der Waals surface area contributed by atoms with Gasteiger partial charge in [-0.2, -0.15) is 0 Å². The number of amides is 2. The van der Waals surface area contributed by atoms with Gasteiger partial charge in [0.25, 0.3) is 5.91 Å². The Hall–Kier alpha value is -1.10. The zero-order valence-electron chi connectivity index (χ0n) is 10.9. The molecule has 0 bridgehead atoms. The van der Waals surface area contributed by atoms with Gasteiger partial charge in [-0.1, -0.05) is 0 Å². The first-order chi connectivity index (χ1) is 8.11. The number of nitrogens with zero attached hydrogens (tertiary/aromatic N) is 1. The lowest BCUT2D eigenvalue weighted by Crippen LogP contribution is -2.53. The van der Waals surface area contributed by atoms with Gasteiger partial charge in [0.1, 0.15) is 12.1 Å². The molecule has 0 aliphatic carbocycles. The molecule has 0 spiro atoms. The minimum atomic E-state index is -0.467. The summed E-state index contributed by atoms with van der Waals surface area (Å²) in [6, 6.07) is -0.329. The van der Waals surface area contributed by atoms with Crippen molar-refractivity contribution in [1.82, 2.24) is 10.2 Å². The molecule has 1 fully saturated rings. The van der Waals surface area contributed by atoms with Gasteiger partial charge >= 0.3 is 0 Å². The fraction of sp³-hybridized carbons (Fsp3) is 0.833. The number of likely N-dealkylation sites (tertiary alicyclic amines) is 1. The third-order valence-electron chi connectivity index (χ3n) is 3.10. The van der Waals surface area contributed by atoms with Crippen LogP contribution in [0.3, 0.4) is 0 Å². The van der Waals surface area contributed by atoms with Crippen LogP contribution in [-0.4, -0.2) is 49.1 Å². The second-order valence-corrected chi connectivity index (χ2v) is 4.26. The van der Waals surface area contributed by atoms with Crippen LogP contribution in [0.1, 0.15) is 33.1 Å². The molecule has 1 heterocycles. The molecule has 98 valence electrons. The molecule has 2 amide bonds. The van der Waals surface area contributed by atoms with Gasteiger partial charge in [-0.15, -0.1) is 0 Å². The molecule has 1 saturated heterocycles. The summed E-state index contributed by atoms with van der Waals surface area (Å²) in [6.45, 7) is 4.75. The van der Waals surface area contributed by atoms with E-state index >= 15 is 0 Å². The average Bonchev–Trinajstić information content (AvgIpc) is 2.37. The summed E-state index contributed by atoms with van der Waals surface area (Å²) in [4.78, 5) is 25.5. The highest BCUT2D eigenvalue weighted by Gasteiger charge is 2.33. The van der Waals surface area contributed by atoms with Crippen LogP contribution in [0.25, 0.3) is 0 Å². The standard InChI is InChI=1S/C12H22N2O3/c1-4-17-9(2)12(16)14-8-6-5-7-10(14)11(15)13-3/h9-10H,4-8H2,1-3H3,(H,13,15)/t9-,10-/m1/s1. The third kappa shape index (κ3) is 3.43. The fourth-order valence-corrected chi connectivity index (χ4v) is 2.19. The van der Waals surface area contributed by atoms with E-state index < -0.39 is 6.10 Å². The topological polar surface area (TPSA) is 58.6 Å². The Bertz CT molecular complexity index is 281. The van der Waals surface area contributed by atoms with Crippen molar-refractivity contribution >= 4 is 11.8 Å². The Kier molecular flexibility index (Phi) is 5.41. The number of carbonyl (C=O) groups is 2. The molecule has 0 aromatic rings. The lowest BCUT2D eigenvalue weighted by atomic mass is 10.0. The molecule has 1 N–H and O–H groups in total. The van der Waals surface area contributed by atoms with E-state index in [0.717, 1.165) is 19.3 Å². The summed E-state index contributed by atoms with van der Waals surface area (Å²) in [7, 11) is 1.60. The largest absolute Gasteiger partial charge is 0.369 e. The van der Waals surface area contributed by atoms with Crippen LogP contribution in [0.4, 0.5) is 0 Å². The first-order valence-corrected chi connectivity index (χ1v) is 6.25. The lowest BCUT2D eigenvalue weighted by Gasteiger charge is -2.35. The van der Waals surface area contributed by atoms with Crippen molar-refractivity contribution in [2.45, 2.75) is 45.3 Å². The van der Waals surface area contributed by atoms with Crippen LogP contribution in [0.15, 0.2) is 0 Å². The number of likely N-dealkylation sites (N-methyl/N-ethyl adjacent to an activating group) is 1. The summed E-state index contributed by atoms with van der Waals surface area (Å²) < 4.78 is 5.30. The highest BCUT2D eigenvalue weighted by molar-refractivity contribution is 5.89. The molecule has 5 nitrogen and oxygen atoms in total. The summed E-state index contributed by atoms with van der Waals surface area (Å²) in [5.41, 5.74) is 0. The first kappa shape index (κ1) is 14.0. The van der Waals surface area contributed by atoms with Crippen molar-refractivity contribution in [1.29, 1.82) is 0 Å². The highest BCUT2D eigenvalue weighted by atomic mass is 16.5. The maximum atomic E-state index is 12.1. The summed E-state index contributed by atoms with van der Waals surface area (Å²) in [6.07, 6.45) is 2.22. The lowest BCUT2D eigenvalue weighted by molar-refractivity contribution is -0.150. The smallest absolute Gasteiger partial charge is 0.252 e. The van der Waals surface area contributed by atoms with Gasteiger partial charge < -0.3 is 15.0 Å². The number of carbonyl (C=O) groups excluding carboxylic acids is 2. The summed E-state index contributed by atoms with van der Waals surface area (Å²) >= 11 is 0. The number of nitrogens with one attached hydrogen (secondary N) is 1. The van der Waals surface area contributed by atoms with Crippen LogP contribution >= 0.6 is 0 Å². The molecular weight excluding hydrogens is 220 g/mol. The maximum absolute atomic E-state index is 12.1. The van der Waals surface area contributed by atoms with Crippen LogP contribution < -0.4 is 5.32 Å². The molecule has 1 rings (SSSR count). The van der Waals surface area contributed by atoms with Crippen molar-refractivity contribution in [2.24, 2.45) is 0 Å². The Labute approximate surface area is 102 Å². The van der Waals surface area contributed by atoms with Crippen molar-refractivity contribution in [3.05, 3.63) is 0 Å². The van der Waals surface area contributed by atoms with E-state index in [-0.39, 0.29) is 17.9 Å². The fourth-order valence-electron chi connectivity index (χ4n) is 2.19. The van der Waals surface area contributed by atoms with E-state index in [4.69, 9.17) is 4.74 Å². The van der Waals surface area contributed by atoms with Gasteiger partial charge in [0.15, 0.2) is 0 Å². The SMILES string of the molecule is CCO[C@H](C)C(=O)N1CCCC[C@@H]1C(=O)NC. The number of ether oxygens (including phenoxy) is 1.